The van der Waals surface area contributed by atoms with Crippen molar-refractivity contribution in [1.82, 2.24) is 4.90 Å². The van der Waals surface area contributed by atoms with E-state index in [-0.39, 0.29) is 6.09 Å². The fourth-order valence-electron chi connectivity index (χ4n) is 3.29. The van der Waals surface area contributed by atoms with Gasteiger partial charge >= 0.3 is 6.09 Å². The molecular weight excluding hydrogens is 290 g/mol. The van der Waals surface area contributed by atoms with Crippen molar-refractivity contribution < 1.29 is 14.3 Å². The number of carbonyl (C=O) groups is 2. The molecule has 0 atom stereocenters. The van der Waals surface area contributed by atoms with Crippen molar-refractivity contribution in [3.63, 3.8) is 0 Å². The minimum Gasteiger partial charge on any atom is -0.450 e. The Labute approximate surface area is 138 Å². The van der Waals surface area contributed by atoms with Gasteiger partial charge in [0.15, 0.2) is 6.29 Å². The summed E-state index contributed by atoms with van der Waals surface area (Å²) >= 11 is 0. The molecular formula is C19H25NO3. The molecule has 23 heavy (non-hydrogen) atoms. The average Bonchev–Trinajstić information content (AvgIpc) is 2.97. The van der Waals surface area contributed by atoms with Crippen LogP contribution in [0.3, 0.4) is 0 Å². The van der Waals surface area contributed by atoms with Crippen LogP contribution < -0.4 is 0 Å². The smallest absolute Gasteiger partial charge is 0.410 e. The highest BCUT2D eigenvalue weighted by atomic mass is 16.6. The molecule has 1 heterocycles. The van der Waals surface area contributed by atoms with Crippen LogP contribution in [0, 0.1) is 6.92 Å². The average molecular weight is 315 g/mol. The molecule has 2 aliphatic rings. The lowest BCUT2D eigenvalue weighted by Crippen LogP contribution is -2.36. The summed E-state index contributed by atoms with van der Waals surface area (Å²) in [6.45, 7) is 9.52. The number of fused-ring (bicyclic) bond motifs is 2. The predicted molar refractivity (Wildman–Crippen MR) is 91.8 cm³/mol. The second-order valence-corrected chi connectivity index (χ2v) is 5.57. The van der Waals surface area contributed by atoms with Crippen LogP contribution in [0.5, 0.6) is 0 Å². The fraction of sp³-hybridized carbons (Fsp3) is 0.474. The van der Waals surface area contributed by atoms with Crippen LogP contribution in [-0.4, -0.2) is 37.0 Å². The highest BCUT2D eigenvalue weighted by Crippen LogP contribution is 2.40. The summed E-state index contributed by atoms with van der Waals surface area (Å²) in [6, 6.07) is 3.88. The summed E-state index contributed by atoms with van der Waals surface area (Å²) in [7, 11) is 0. The fourth-order valence-corrected chi connectivity index (χ4v) is 3.29. The summed E-state index contributed by atoms with van der Waals surface area (Å²) in [5.41, 5.74) is 6.75. The normalized spacial score (nSPS) is 15.4. The Hall–Kier alpha value is -2.10. The van der Waals surface area contributed by atoms with Crippen LogP contribution in [0.1, 0.15) is 54.2 Å². The van der Waals surface area contributed by atoms with Gasteiger partial charge in [-0.15, -0.1) is 0 Å². The van der Waals surface area contributed by atoms with Crippen molar-refractivity contribution >= 4 is 18.0 Å². The Kier molecular flexibility index (Phi) is 5.59. The van der Waals surface area contributed by atoms with Crippen molar-refractivity contribution in [3.05, 3.63) is 40.0 Å². The molecule has 0 fully saturated rings. The van der Waals surface area contributed by atoms with Gasteiger partial charge in [0, 0.05) is 18.7 Å². The first kappa shape index (κ1) is 17.3. The molecule has 0 bridgehead atoms. The van der Waals surface area contributed by atoms with Gasteiger partial charge in [-0.05, 0) is 49.0 Å². The molecule has 3 rings (SSSR count). The number of aryl methyl sites for hydroxylation is 1. The molecule has 4 nitrogen and oxygen atoms in total. The van der Waals surface area contributed by atoms with Crippen LogP contribution in [0.2, 0.25) is 0 Å². The van der Waals surface area contributed by atoms with Crippen molar-refractivity contribution in [2.45, 2.75) is 40.5 Å². The van der Waals surface area contributed by atoms with Gasteiger partial charge in [0.2, 0.25) is 0 Å². The maximum Gasteiger partial charge on any atom is 0.410 e. The summed E-state index contributed by atoms with van der Waals surface area (Å²) < 4.78 is 5.09. The van der Waals surface area contributed by atoms with Gasteiger partial charge < -0.3 is 9.64 Å². The monoisotopic (exact) mass is 315 g/mol. The first-order valence-corrected chi connectivity index (χ1v) is 8.36. The van der Waals surface area contributed by atoms with Gasteiger partial charge in [0.25, 0.3) is 0 Å². The number of amides is 1. The zero-order valence-electron chi connectivity index (χ0n) is 14.4. The third kappa shape index (κ3) is 3.16. The second kappa shape index (κ2) is 7.44. The molecule has 0 saturated heterocycles. The molecule has 1 amide bonds. The van der Waals surface area contributed by atoms with Gasteiger partial charge in [0.05, 0.1) is 6.61 Å². The SMILES string of the molecule is CC.CCOC(=O)N1CCC2=C(C1)c1c(C=O)ccc(C)c1C2. The summed E-state index contributed by atoms with van der Waals surface area (Å²) in [6.07, 6.45) is 2.42. The maximum atomic E-state index is 11.9. The Balaban J connectivity index is 0.000000924. The van der Waals surface area contributed by atoms with Crippen LogP contribution in [0.4, 0.5) is 4.79 Å². The Bertz CT molecular complexity index is 646. The number of ether oxygens (including phenoxy) is 1. The van der Waals surface area contributed by atoms with Gasteiger partial charge in [-0.2, -0.15) is 0 Å². The van der Waals surface area contributed by atoms with E-state index in [0.29, 0.717) is 19.7 Å². The van der Waals surface area contributed by atoms with Gasteiger partial charge in [-0.1, -0.05) is 31.6 Å². The summed E-state index contributed by atoms with van der Waals surface area (Å²) in [5, 5.41) is 0. The topological polar surface area (TPSA) is 46.6 Å². The number of aldehydes is 1. The minimum absolute atomic E-state index is 0.266. The van der Waals surface area contributed by atoms with Crippen molar-refractivity contribution in [3.8, 4) is 0 Å². The molecule has 0 unspecified atom stereocenters. The Morgan fingerprint density at radius 1 is 1.35 bits per heavy atom. The van der Waals surface area contributed by atoms with E-state index in [0.717, 1.165) is 35.8 Å². The van der Waals surface area contributed by atoms with Crippen molar-refractivity contribution in [1.29, 1.82) is 0 Å². The molecule has 1 aromatic carbocycles. The highest BCUT2D eigenvalue weighted by Gasteiger charge is 2.31. The molecule has 0 N–H and O–H groups in total. The Morgan fingerprint density at radius 3 is 2.74 bits per heavy atom. The van der Waals surface area contributed by atoms with E-state index in [1.54, 1.807) is 4.90 Å². The van der Waals surface area contributed by atoms with E-state index in [1.807, 2.05) is 32.9 Å². The highest BCUT2D eigenvalue weighted by molar-refractivity contribution is 5.92. The van der Waals surface area contributed by atoms with E-state index in [2.05, 4.69) is 6.92 Å². The third-order valence-electron chi connectivity index (χ3n) is 4.38. The molecule has 124 valence electrons. The van der Waals surface area contributed by atoms with E-state index >= 15 is 0 Å². The van der Waals surface area contributed by atoms with E-state index in [9.17, 15) is 9.59 Å². The number of carbonyl (C=O) groups excluding carboxylic acids is 2. The third-order valence-corrected chi connectivity index (χ3v) is 4.38. The standard InChI is InChI=1S/C17H19NO3.C2H6/c1-3-21-17(20)18-7-6-12-8-14-11(2)4-5-13(10-19)16(14)15(12)9-18;1-2/h4-5,10H,3,6-9H2,1-2H3;1-2H3. The second-order valence-electron chi connectivity index (χ2n) is 5.57. The largest absolute Gasteiger partial charge is 0.450 e. The molecule has 1 aliphatic carbocycles. The Morgan fingerprint density at radius 2 is 2.09 bits per heavy atom. The number of nitrogens with zero attached hydrogens (tertiary/aromatic N) is 1. The quantitative estimate of drug-likeness (QED) is 0.775. The molecule has 0 aromatic heterocycles. The van der Waals surface area contributed by atoms with Gasteiger partial charge in [-0.3, -0.25) is 4.79 Å². The van der Waals surface area contributed by atoms with Crippen LogP contribution in [0.15, 0.2) is 17.7 Å². The molecule has 1 aliphatic heterocycles. The van der Waals surface area contributed by atoms with Crippen molar-refractivity contribution in [2.24, 2.45) is 0 Å². The van der Waals surface area contributed by atoms with Crippen LogP contribution in [-0.2, 0) is 11.2 Å². The lowest BCUT2D eigenvalue weighted by Gasteiger charge is -2.28. The summed E-state index contributed by atoms with van der Waals surface area (Å²) in [4.78, 5) is 25.0. The molecule has 0 radical (unpaired) electrons. The minimum atomic E-state index is -0.266. The van der Waals surface area contributed by atoms with E-state index < -0.39 is 0 Å². The van der Waals surface area contributed by atoms with Gasteiger partial charge in [0.1, 0.15) is 0 Å². The number of benzene rings is 1. The molecule has 4 heteroatoms. The lowest BCUT2D eigenvalue weighted by molar-refractivity contribution is 0.111. The maximum absolute atomic E-state index is 11.9. The first-order chi connectivity index (χ1) is 11.2. The number of hydrogen-bond acceptors (Lipinski definition) is 3. The van der Waals surface area contributed by atoms with Gasteiger partial charge in [-0.25, -0.2) is 4.79 Å². The van der Waals surface area contributed by atoms with E-state index in [1.165, 1.54) is 16.7 Å². The summed E-state index contributed by atoms with van der Waals surface area (Å²) in [5.74, 6) is 0. The molecule has 0 spiro atoms. The molecule has 0 saturated carbocycles. The van der Waals surface area contributed by atoms with Crippen LogP contribution >= 0.6 is 0 Å². The van der Waals surface area contributed by atoms with Crippen molar-refractivity contribution in [2.75, 3.05) is 19.7 Å². The predicted octanol–water partition coefficient (Wildman–Crippen LogP) is 4.01. The molecule has 1 aromatic rings. The zero-order valence-corrected chi connectivity index (χ0v) is 14.4. The number of hydrogen-bond donors (Lipinski definition) is 0. The zero-order chi connectivity index (χ0) is 17.0. The van der Waals surface area contributed by atoms with E-state index in [4.69, 9.17) is 4.74 Å². The van der Waals surface area contributed by atoms with Crippen LogP contribution in [0.25, 0.3) is 5.57 Å². The number of rotatable bonds is 2. The first-order valence-electron chi connectivity index (χ1n) is 8.36. The lowest BCUT2D eigenvalue weighted by atomic mass is 9.95.